The maximum atomic E-state index is 4.11. The molecule has 0 spiro atoms. The molecule has 0 atom stereocenters. The van der Waals surface area contributed by atoms with E-state index in [9.17, 15) is 0 Å². The van der Waals surface area contributed by atoms with Gasteiger partial charge in [-0.25, -0.2) is 0 Å². The minimum absolute atomic E-state index is 1.05. The van der Waals surface area contributed by atoms with Gasteiger partial charge in [0.25, 0.3) is 0 Å². The summed E-state index contributed by atoms with van der Waals surface area (Å²) in [6, 6.07) is 0. The van der Waals surface area contributed by atoms with Crippen LogP contribution in [0.5, 0.6) is 0 Å². The van der Waals surface area contributed by atoms with Crippen LogP contribution in [0.3, 0.4) is 0 Å². The summed E-state index contributed by atoms with van der Waals surface area (Å²) in [4.78, 5) is 3.62. The third-order valence-electron chi connectivity index (χ3n) is 5.38. The molecule has 30 heavy (non-hydrogen) atoms. The molecule has 0 aliphatic heterocycles. The predicted molar refractivity (Wildman–Crippen MR) is 138 cm³/mol. The molecule has 1 heterocycles. The summed E-state index contributed by atoms with van der Waals surface area (Å²) in [7, 11) is 0. The Hall–Kier alpha value is -3.58. The predicted octanol–water partition coefficient (Wildman–Crippen LogP) is 8.49. The fourth-order valence-electron chi connectivity index (χ4n) is 3.74. The largest absolute Gasteiger partial charge is 0.354 e. The molecule has 1 nitrogen and oxygen atoms in total. The first-order valence-electron chi connectivity index (χ1n) is 9.98. The highest BCUT2D eigenvalue weighted by molar-refractivity contribution is 5.91. The maximum absolute atomic E-state index is 4.11. The number of allylic oxidation sites excluding steroid dienone is 6. The van der Waals surface area contributed by atoms with E-state index in [0.29, 0.717) is 0 Å². The molecular weight excluding hydrogens is 362 g/mol. The summed E-state index contributed by atoms with van der Waals surface area (Å²) >= 11 is 0. The van der Waals surface area contributed by atoms with Crippen molar-refractivity contribution in [2.45, 2.75) is 20.8 Å². The number of benzene rings is 1. The quantitative estimate of drug-likeness (QED) is 0.411. The number of aromatic nitrogens is 1. The van der Waals surface area contributed by atoms with E-state index in [0.717, 1.165) is 44.8 Å². The molecule has 1 aromatic heterocycles. The number of nitrogens with one attached hydrogen (secondary N) is 1. The molecule has 0 aliphatic rings. The maximum Gasteiger partial charge on any atom is 0.0543 e. The Labute approximate surface area is 181 Å². The van der Waals surface area contributed by atoms with Gasteiger partial charge in [-0.05, 0) is 60.2 Å². The smallest absolute Gasteiger partial charge is 0.0543 e. The van der Waals surface area contributed by atoms with E-state index < -0.39 is 0 Å². The van der Waals surface area contributed by atoms with Crippen LogP contribution < -0.4 is 0 Å². The Morgan fingerprint density at radius 1 is 0.567 bits per heavy atom. The molecule has 2 rings (SSSR count). The Balaban J connectivity index is 3.04. The first kappa shape index (κ1) is 22.7. The lowest BCUT2D eigenvalue weighted by atomic mass is 9.84. The van der Waals surface area contributed by atoms with E-state index in [1.54, 1.807) is 18.2 Å². The van der Waals surface area contributed by atoms with Crippen molar-refractivity contribution in [3.8, 4) is 11.3 Å². The van der Waals surface area contributed by atoms with Gasteiger partial charge in [-0.3, -0.25) is 0 Å². The highest BCUT2D eigenvalue weighted by Gasteiger charge is 2.21. The van der Waals surface area contributed by atoms with Gasteiger partial charge in [0, 0.05) is 16.8 Å². The summed E-state index contributed by atoms with van der Waals surface area (Å²) in [5.41, 5.74) is 11.2. The summed E-state index contributed by atoms with van der Waals surface area (Å²) in [5.74, 6) is 0. The monoisotopic (exact) mass is 393 g/mol. The molecule has 0 unspecified atom stereocenters. The first-order chi connectivity index (χ1) is 14.5. The fraction of sp³-hybridized carbons (Fsp3) is 0.103. The molecule has 2 aromatic rings. The van der Waals surface area contributed by atoms with E-state index in [1.165, 1.54) is 11.1 Å². The van der Waals surface area contributed by atoms with Gasteiger partial charge < -0.3 is 4.98 Å². The number of hydrogen-bond donors (Lipinski definition) is 1. The van der Waals surface area contributed by atoms with Crippen LogP contribution >= 0.6 is 0 Å². The van der Waals surface area contributed by atoms with Crippen molar-refractivity contribution in [3.05, 3.63) is 114 Å². The average Bonchev–Trinajstić information content (AvgIpc) is 3.06. The van der Waals surface area contributed by atoms with Crippen LogP contribution in [0.25, 0.3) is 41.6 Å². The highest BCUT2D eigenvalue weighted by atomic mass is 14.7. The Morgan fingerprint density at radius 2 is 1.10 bits per heavy atom. The van der Waals surface area contributed by atoms with Gasteiger partial charge >= 0.3 is 0 Å². The van der Waals surface area contributed by atoms with Gasteiger partial charge in [0.15, 0.2) is 0 Å². The topological polar surface area (TPSA) is 15.8 Å². The van der Waals surface area contributed by atoms with Gasteiger partial charge in [0.05, 0.1) is 5.69 Å². The van der Waals surface area contributed by atoms with E-state index in [-0.39, 0.29) is 0 Å². The second-order valence-electron chi connectivity index (χ2n) is 7.01. The summed E-state index contributed by atoms with van der Waals surface area (Å²) in [6.07, 6.45) is 21.3. The van der Waals surface area contributed by atoms with Crippen molar-refractivity contribution in [2.75, 3.05) is 0 Å². The van der Waals surface area contributed by atoms with Gasteiger partial charge in [0.1, 0.15) is 0 Å². The van der Waals surface area contributed by atoms with Gasteiger partial charge in [-0.1, -0.05) is 93.7 Å². The van der Waals surface area contributed by atoms with Gasteiger partial charge in [-0.15, -0.1) is 0 Å². The Bertz CT molecular complexity index is 1090. The normalized spacial score (nSPS) is 11.4. The molecule has 0 amide bonds. The molecular formula is C29H31N. The Morgan fingerprint density at radius 3 is 1.63 bits per heavy atom. The van der Waals surface area contributed by atoms with E-state index in [4.69, 9.17) is 0 Å². The molecule has 0 saturated heterocycles. The number of hydrogen-bond acceptors (Lipinski definition) is 0. The van der Waals surface area contributed by atoms with Crippen LogP contribution in [0.2, 0.25) is 0 Å². The minimum atomic E-state index is 1.05. The van der Waals surface area contributed by atoms with Crippen molar-refractivity contribution in [2.24, 2.45) is 0 Å². The van der Waals surface area contributed by atoms with E-state index >= 15 is 0 Å². The lowest BCUT2D eigenvalue weighted by Crippen LogP contribution is -2.01. The lowest BCUT2D eigenvalue weighted by molar-refractivity contribution is 1.27. The van der Waals surface area contributed by atoms with Crippen molar-refractivity contribution >= 4 is 30.4 Å². The van der Waals surface area contributed by atoms with E-state index in [2.05, 4.69) is 70.8 Å². The van der Waals surface area contributed by atoms with Crippen LogP contribution in [0, 0.1) is 20.8 Å². The van der Waals surface area contributed by atoms with Crippen LogP contribution in [-0.2, 0) is 0 Å². The Kier molecular flexibility index (Phi) is 7.77. The third kappa shape index (κ3) is 4.21. The van der Waals surface area contributed by atoms with Crippen LogP contribution in [0.4, 0.5) is 0 Å². The van der Waals surface area contributed by atoms with Crippen molar-refractivity contribution in [1.29, 1.82) is 0 Å². The summed E-state index contributed by atoms with van der Waals surface area (Å²) in [5, 5.41) is 0. The zero-order valence-electron chi connectivity index (χ0n) is 18.4. The zero-order valence-corrected chi connectivity index (χ0v) is 18.4. The number of aromatic amines is 1. The highest BCUT2D eigenvalue weighted by Crippen LogP contribution is 2.40. The standard InChI is InChI=1S/C29H31N/c1-9-14-17-25-20(6)21(7)28(26(18-15-10-2)24(25)13-5)29-23(12-4)22(8)27(30-29)19-16-11-3/h9-19,30H,1-5H2,6-8H3/b17-14-,18-15-,19-16-. The lowest BCUT2D eigenvalue weighted by Gasteiger charge is -2.20. The second kappa shape index (κ2) is 10.3. The third-order valence-corrected chi connectivity index (χ3v) is 5.38. The molecule has 152 valence electrons. The molecule has 0 aliphatic carbocycles. The first-order valence-corrected chi connectivity index (χ1v) is 9.98. The molecule has 0 saturated carbocycles. The SMILES string of the molecule is C=C/C=C\c1[nH]c(-c2c(C)c(C)c(/C=C\C=C)c(C=C)c2/C=C\C=C)c(C=C)c1C. The van der Waals surface area contributed by atoms with Gasteiger partial charge in [0.2, 0.25) is 0 Å². The number of H-pyrrole nitrogens is 1. The molecule has 0 radical (unpaired) electrons. The van der Waals surface area contributed by atoms with Crippen LogP contribution in [-0.4, -0.2) is 4.98 Å². The van der Waals surface area contributed by atoms with E-state index in [1.807, 2.05) is 36.5 Å². The zero-order chi connectivity index (χ0) is 22.3. The fourth-order valence-corrected chi connectivity index (χ4v) is 3.74. The van der Waals surface area contributed by atoms with Gasteiger partial charge in [-0.2, -0.15) is 0 Å². The van der Waals surface area contributed by atoms with Crippen LogP contribution in [0.1, 0.15) is 44.6 Å². The molecule has 0 fully saturated rings. The van der Waals surface area contributed by atoms with Crippen molar-refractivity contribution in [1.82, 2.24) is 4.98 Å². The molecule has 1 heteroatoms. The van der Waals surface area contributed by atoms with Crippen molar-refractivity contribution in [3.63, 3.8) is 0 Å². The van der Waals surface area contributed by atoms with Crippen LogP contribution in [0.15, 0.2) is 69.4 Å². The second-order valence-corrected chi connectivity index (χ2v) is 7.01. The minimum Gasteiger partial charge on any atom is -0.354 e. The average molecular weight is 394 g/mol. The molecule has 1 aromatic carbocycles. The van der Waals surface area contributed by atoms with Crippen molar-refractivity contribution < 1.29 is 0 Å². The number of rotatable bonds is 9. The summed E-state index contributed by atoms with van der Waals surface area (Å²) in [6.45, 7) is 26.0. The summed E-state index contributed by atoms with van der Waals surface area (Å²) < 4.78 is 0. The molecule has 0 bridgehead atoms. The molecule has 1 N–H and O–H groups in total.